The highest BCUT2D eigenvalue weighted by atomic mass is 16.5. The van der Waals surface area contributed by atoms with Crippen molar-refractivity contribution in [3.05, 3.63) is 0 Å². The number of amides is 1. The number of nitrogens with one attached hydrogen (secondary N) is 2. The number of guanidine groups is 1. The number of hydrogen-bond acceptors (Lipinski definition) is 3. The highest BCUT2D eigenvalue weighted by molar-refractivity contribution is 5.85. The summed E-state index contributed by atoms with van der Waals surface area (Å²) in [5, 5.41) is 6.57. The van der Waals surface area contributed by atoms with Gasteiger partial charge in [0, 0.05) is 40.8 Å². The van der Waals surface area contributed by atoms with Gasteiger partial charge in [0.2, 0.25) is 5.91 Å². The minimum atomic E-state index is -0.279. The van der Waals surface area contributed by atoms with Gasteiger partial charge in [-0.1, -0.05) is 26.2 Å². The molecule has 0 radical (unpaired) electrons. The SMILES string of the molecule is CCCCOCCNC(=NC)NCC1(C(=O)N(C)C)CCCC1. The van der Waals surface area contributed by atoms with Gasteiger partial charge in [-0.2, -0.15) is 0 Å². The topological polar surface area (TPSA) is 66.0 Å². The van der Waals surface area contributed by atoms with Crippen LogP contribution in [0.4, 0.5) is 0 Å². The zero-order valence-corrected chi connectivity index (χ0v) is 15.3. The molecule has 0 unspecified atom stereocenters. The monoisotopic (exact) mass is 326 g/mol. The van der Waals surface area contributed by atoms with E-state index in [0.717, 1.165) is 57.6 Å². The van der Waals surface area contributed by atoms with Crippen molar-refractivity contribution >= 4 is 11.9 Å². The zero-order chi connectivity index (χ0) is 17.1. The molecule has 6 heteroatoms. The molecule has 0 saturated heterocycles. The first-order chi connectivity index (χ1) is 11.1. The van der Waals surface area contributed by atoms with Gasteiger partial charge in [0.05, 0.1) is 12.0 Å². The summed E-state index contributed by atoms with van der Waals surface area (Å²) in [4.78, 5) is 18.5. The summed E-state index contributed by atoms with van der Waals surface area (Å²) in [6.07, 6.45) is 6.40. The van der Waals surface area contributed by atoms with Gasteiger partial charge in [0.1, 0.15) is 0 Å². The molecule has 2 N–H and O–H groups in total. The fraction of sp³-hybridized carbons (Fsp3) is 0.882. The van der Waals surface area contributed by atoms with Crippen LogP contribution in [0, 0.1) is 5.41 Å². The first-order valence-corrected chi connectivity index (χ1v) is 8.80. The summed E-state index contributed by atoms with van der Waals surface area (Å²) in [5.41, 5.74) is -0.279. The van der Waals surface area contributed by atoms with Crippen LogP contribution in [0.1, 0.15) is 45.4 Å². The number of carbonyl (C=O) groups is 1. The van der Waals surface area contributed by atoms with Crippen LogP contribution in [0.15, 0.2) is 4.99 Å². The average Bonchev–Trinajstić information content (AvgIpc) is 3.02. The quantitative estimate of drug-likeness (QED) is 0.384. The second-order valence-corrected chi connectivity index (χ2v) is 6.51. The van der Waals surface area contributed by atoms with Gasteiger partial charge in [0.25, 0.3) is 0 Å². The Morgan fingerprint density at radius 1 is 1.22 bits per heavy atom. The summed E-state index contributed by atoms with van der Waals surface area (Å²) >= 11 is 0. The predicted molar refractivity (Wildman–Crippen MR) is 94.7 cm³/mol. The van der Waals surface area contributed by atoms with Crippen LogP contribution >= 0.6 is 0 Å². The summed E-state index contributed by atoms with van der Waals surface area (Å²) < 4.78 is 5.53. The molecule has 1 fully saturated rings. The highest BCUT2D eigenvalue weighted by Gasteiger charge is 2.42. The second-order valence-electron chi connectivity index (χ2n) is 6.51. The van der Waals surface area contributed by atoms with Crippen molar-refractivity contribution < 1.29 is 9.53 Å². The number of carbonyl (C=O) groups excluding carboxylic acids is 1. The Morgan fingerprint density at radius 2 is 1.91 bits per heavy atom. The molecule has 0 aromatic rings. The fourth-order valence-electron chi connectivity index (χ4n) is 3.06. The standard InChI is InChI=1S/C17H34N4O2/c1-5-6-12-23-13-11-19-16(18-2)20-14-17(9-7-8-10-17)15(22)21(3)4/h5-14H2,1-4H3,(H2,18,19,20). The molecule has 0 bridgehead atoms. The van der Waals surface area contributed by atoms with E-state index in [1.54, 1.807) is 11.9 Å². The number of rotatable bonds is 9. The summed E-state index contributed by atoms with van der Waals surface area (Å²) in [5.74, 6) is 0.961. The summed E-state index contributed by atoms with van der Waals surface area (Å²) in [6.45, 7) is 4.99. The highest BCUT2D eigenvalue weighted by Crippen LogP contribution is 2.38. The van der Waals surface area contributed by atoms with Crippen LogP contribution in [0.2, 0.25) is 0 Å². The molecule has 1 aliphatic carbocycles. The van der Waals surface area contributed by atoms with Crippen molar-refractivity contribution in [1.82, 2.24) is 15.5 Å². The van der Waals surface area contributed by atoms with E-state index in [1.165, 1.54) is 0 Å². The second kappa shape index (κ2) is 10.5. The van der Waals surface area contributed by atoms with Crippen molar-refractivity contribution in [3.8, 4) is 0 Å². The van der Waals surface area contributed by atoms with Crippen molar-refractivity contribution in [3.63, 3.8) is 0 Å². The van der Waals surface area contributed by atoms with Gasteiger partial charge in [-0.05, 0) is 19.3 Å². The Bertz CT molecular complexity index is 377. The molecular weight excluding hydrogens is 292 g/mol. The number of hydrogen-bond donors (Lipinski definition) is 2. The molecule has 0 atom stereocenters. The van der Waals surface area contributed by atoms with Gasteiger partial charge in [-0.25, -0.2) is 0 Å². The molecule has 1 rings (SSSR count). The molecule has 0 aliphatic heterocycles. The van der Waals surface area contributed by atoms with E-state index in [9.17, 15) is 4.79 Å². The Balaban J connectivity index is 2.38. The third kappa shape index (κ3) is 6.37. The molecule has 1 aliphatic rings. The van der Waals surface area contributed by atoms with E-state index in [-0.39, 0.29) is 11.3 Å². The number of nitrogens with zero attached hydrogens (tertiary/aromatic N) is 2. The maximum Gasteiger partial charge on any atom is 0.230 e. The summed E-state index contributed by atoms with van der Waals surface area (Å²) in [6, 6.07) is 0. The van der Waals surface area contributed by atoms with Crippen molar-refractivity contribution in [2.75, 3.05) is 47.4 Å². The van der Waals surface area contributed by atoms with Gasteiger partial charge >= 0.3 is 0 Å². The van der Waals surface area contributed by atoms with E-state index in [1.807, 2.05) is 14.1 Å². The van der Waals surface area contributed by atoms with Crippen LogP contribution in [-0.4, -0.2) is 64.2 Å². The van der Waals surface area contributed by atoms with E-state index >= 15 is 0 Å². The molecule has 1 amide bonds. The van der Waals surface area contributed by atoms with Crippen LogP contribution in [-0.2, 0) is 9.53 Å². The third-order valence-electron chi connectivity index (χ3n) is 4.42. The Hall–Kier alpha value is -1.30. The smallest absolute Gasteiger partial charge is 0.230 e. The predicted octanol–water partition coefficient (Wildman–Crippen LogP) is 1.62. The Labute approximate surface area is 141 Å². The minimum Gasteiger partial charge on any atom is -0.380 e. The minimum absolute atomic E-state index is 0.223. The first kappa shape index (κ1) is 19.7. The van der Waals surface area contributed by atoms with E-state index < -0.39 is 0 Å². The maximum absolute atomic E-state index is 12.5. The largest absolute Gasteiger partial charge is 0.380 e. The number of ether oxygens (including phenoxy) is 1. The molecule has 0 heterocycles. The van der Waals surface area contributed by atoms with E-state index in [0.29, 0.717) is 13.2 Å². The van der Waals surface area contributed by atoms with Crippen LogP contribution < -0.4 is 10.6 Å². The first-order valence-electron chi connectivity index (χ1n) is 8.80. The van der Waals surface area contributed by atoms with E-state index in [2.05, 4.69) is 22.5 Å². The van der Waals surface area contributed by atoms with Gasteiger partial charge in [0.15, 0.2) is 5.96 Å². The molecule has 134 valence electrons. The Morgan fingerprint density at radius 3 is 2.48 bits per heavy atom. The van der Waals surface area contributed by atoms with E-state index in [4.69, 9.17) is 4.74 Å². The van der Waals surface area contributed by atoms with Crippen LogP contribution in [0.25, 0.3) is 0 Å². The maximum atomic E-state index is 12.5. The molecule has 0 aromatic carbocycles. The molecule has 0 aromatic heterocycles. The molecular formula is C17H34N4O2. The van der Waals surface area contributed by atoms with Crippen LogP contribution in [0.5, 0.6) is 0 Å². The third-order valence-corrected chi connectivity index (χ3v) is 4.42. The lowest BCUT2D eigenvalue weighted by molar-refractivity contribution is -0.138. The van der Waals surface area contributed by atoms with Crippen LogP contribution in [0.3, 0.4) is 0 Å². The lowest BCUT2D eigenvalue weighted by Crippen LogP contribution is -2.49. The molecule has 23 heavy (non-hydrogen) atoms. The average molecular weight is 326 g/mol. The molecule has 0 spiro atoms. The lowest BCUT2D eigenvalue weighted by atomic mass is 9.84. The number of aliphatic imine (C=N–C) groups is 1. The number of unbranched alkanes of at least 4 members (excludes halogenated alkanes) is 1. The van der Waals surface area contributed by atoms with Gasteiger partial charge in [-0.3, -0.25) is 9.79 Å². The van der Waals surface area contributed by atoms with Gasteiger partial charge in [-0.15, -0.1) is 0 Å². The lowest BCUT2D eigenvalue weighted by Gasteiger charge is -2.31. The molecule has 1 saturated carbocycles. The van der Waals surface area contributed by atoms with Crippen molar-refractivity contribution in [1.29, 1.82) is 0 Å². The van der Waals surface area contributed by atoms with Crippen molar-refractivity contribution in [2.24, 2.45) is 10.4 Å². The van der Waals surface area contributed by atoms with Crippen molar-refractivity contribution in [2.45, 2.75) is 45.4 Å². The fourth-order valence-corrected chi connectivity index (χ4v) is 3.06. The molecule has 6 nitrogen and oxygen atoms in total. The summed E-state index contributed by atoms with van der Waals surface area (Å²) in [7, 11) is 5.43. The normalized spacial score (nSPS) is 17.1. The Kier molecular flexibility index (Phi) is 8.99. The zero-order valence-electron chi connectivity index (χ0n) is 15.3. The van der Waals surface area contributed by atoms with Gasteiger partial charge < -0.3 is 20.3 Å².